The van der Waals surface area contributed by atoms with Crippen LogP contribution in [-0.2, 0) is 6.42 Å². The Morgan fingerprint density at radius 2 is 1.96 bits per heavy atom. The number of hydrogen-bond acceptors (Lipinski definition) is 4. The number of aromatic nitrogens is 4. The van der Waals surface area contributed by atoms with Crippen LogP contribution in [0.1, 0.15) is 55.7 Å². The van der Waals surface area contributed by atoms with Crippen LogP contribution in [0.5, 0.6) is 0 Å². The van der Waals surface area contributed by atoms with Gasteiger partial charge in [-0.3, -0.25) is 4.98 Å². The van der Waals surface area contributed by atoms with E-state index in [9.17, 15) is 0 Å². The van der Waals surface area contributed by atoms with Crippen molar-refractivity contribution in [1.82, 2.24) is 20.1 Å². The van der Waals surface area contributed by atoms with Crippen LogP contribution >= 0.6 is 0 Å². The predicted octanol–water partition coefficient (Wildman–Crippen LogP) is 5.81. The van der Waals surface area contributed by atoms with Crippen molar-refractivity contribution >= 4 is 10.9 Å². The third kappa shape index (κ3) is 2.91. The predicted molar refractivity (Wildman–Crippen MR) is 110 cm³/mol. The molecule has 0 aliphatic heterocycles. The number of nitrogens with zero attached hydrogens (tertiary/aromatic N) is 3. The number of aryl methyl sites for hydroxylation is 2. The van der Waals surface area contributed by atoms with Crippen molar-refractivity contribution in [2.75, 3.05) is 0 Å². The highest BCUT2D eigenvalue weighted by Gasteiger charge is 2.23. The topological polar surface area (TPSA) is 67.6 Å². The maximum atomic E-state index is 5.58. The third-order valence-electron chi connectivity index (χ3n) is 5.85. The minimum Gasteiger partial charge on any atom is -0.354 e. The molecule has 0 spiro atoms. The zero-order valence-electron chi connectivity index (χ0n) is 16.3. The van der Waals surface area contributed by atoms with Gasteiger partial charge in [-0.25, -0.2) is 0 Å². The molecule has 28 heavy (non-hydrogen) atoms. The van der Waals surface area contributed by atoms with Crippen LogP contribution in [0.2, 0.25) is 0 Å². The van der Waals surface area contributed by atoms with Crippen LogP contribution in [0.15, 0.2) is 41.1 Å². The molecule has 0 amide bonds. The summed E-state index contributed by atoms with van der Waals surface area (Å²) in [7, 11) is 0. The molecular formula is C23H24N4O. The average molecular weight is 372 g/mol. The fraction of sp³-hybridized carbons (Fsp3) is 0.348. The smallest absolute Gasteiger partial charge is 0.230 e. The zero-order valence-corrected chi connectivity index (χ0v) is 16.3. The SMILES string of the molecule is CCc1c(-c2ccnc(C)c2)[nH]c2ccc(-c3noc(C4CCCC4)n3)cc12. The summed E-state index contributed by atoms with van der Waals surface area (Å²) in [5.74, 6) is 1.92. The Morgan fingerprint density at radius 1 is 1.11 bits per heavy atom. The summed E-state index contributed by atoms with van der Waals surface area (Å²) in [4.78, 5) is 12.6. The lowest BCUT2D eigenvalue weighted by Crippen LogP contribution is -1.92. The maximum absolute atomic E-state index is 5.58. The van der Waals surface area contributed by atoms with Gasteiger partial charge in [-0.15, -0.1) is 0 Å². The summed E-state index contributed by atoms with van der Waals surface area (Å²) in [6, 6.07) is 10.6. The van der Waals surface area contributed by atoms with E-state index in [0.29, 0.717) is 11.7 Å². The number of rotatable bonds is 4. The molecule has 1 aliphatic rings. The van der Waals surface area contributed by atoms with Gasteiger partial charge in [-0.05, 0) is 62.1 Å². The Balaban J connectivity index is 1.57. The van der Waals surface area contributed by atoms with Crippen LogP contribution in [-0.4, -0.2) is 20.1 Å². The van der Waals surface area contributed by atoms with Crippen molar-refractivity contribution in [1.29, 1.82) is 0 Å². The molecule has 0 atom stereocenters. The molecule has 5 nitrogen and oxygen atoms in total. The fourth-order valence-electron chi connectivity index (χ4n) is 4.39. The van der Waals surface area contributed by atoms with Crippen molar-refractivity contribution in [3.8, 4) is 22.6 Å². The van der Waals surface area contributed by atoms with E-state index in [2.05, 4.69) is 52.4 Å². The highest BCUT2D eigenvalue weighted by atomic mass is 16.5. The molecule has 0 unspecified atom stereocenters. The molecular weight excluding hydrogens is 348 g/mol. The van der Waals surface area contributed by atoms with Gasteiger partial charge in [0.15, 0.2) is 0 Å². The van der Waals surface area contributed by atoms with Gasteiger partial charge in [0, 0.05) is 45.5 Å². The largest absolute Gasteiger partial charge is 0.354 e. The van der Waals surface area contributed by atoms with Crippen molar-refractivity contribution in [3.63, 3.8) is 0 Å². The van der Waals surface area contributed by atoms with Gasteiger partial charge in [-0.1, -0.05) is 24.9 Å². The quantitative estimate of drug-likeness (QED) is 0.491. The molecule has 5 heteroatoms. The van der Waals surface area contributed by atoms with Crippen LogP contribution in [0.3, 0.4) is 0 Å². The molecule has 142 valence electrons. The molecule has 1 aromatic carbocycles. The van der Waals surface area contributed by atoms with Crippen molar-refractivity contribution in [2.45, 2.75) is 51.9 Å². The lowest BCUT2D eigenvalue weighted by molar-refractivity contribution is 0.354. The van der Waals surface area contributed by atoms with Crippen LogP contribution in [0.25, 0.3) is 33.5 Å². The lowest BCUT2D eigenvalue weighted by atomic mass is 10.0. The summed E-state index contributed by atoms with van der Waals surface area (Å²) < 4.78 is 5.58. The normalized spacial score (nSPS) is 14.9. The Labute approximate surface area is 164 Å². The number of H-pyrrole nitrogens is 1. The van der Waals surface area contributed by atoms with Gasteiger partial charge in [0.2, 0.25) is 11.7 Å². The molecule has 5 rings (SSSR count). The standard InChI is InChI=1S/C23H24N4O/c1-3-18-19-13-17(22-26-23(28-27-22)15-6-4-5-7-15)8-9-20(19)25-21(18)16-10-11-24-14(2)12-16/h8-13,15,25H,3-7H2,1-2H3. The van der Waals surface area contributed by atoms with Crippen LogP contribution in [0.4, 0.5) is 0 Å². The first-order valence-corrected chi connectivity index (χ1v) is 10.1. The first kappa shape index (κ1) is 17.2. The molecule has 3 heterocycles. The Morgan fingerprint density at radius 3 is 2.75 bits per heavy atom. The van der Waals surface area contributed by atoms with E-state index >= 15 is 0 Å². The minimum atomic E-state index is 0.435. The summed E-state index contributed by atoms with van der Waals surface area (Å²) in [6.45, 7) is 4.22. The van der Waals surface area contributed by atoms with Gasteiger partial charge in [0.25, 0.3) is 0 Å². The second-order valence-electron chi connectivity index (χ2n) is 7.72. The van der Waals surface area contributed by atoms with E-state index in [-0.39, 0.29) is 0 Å². The summed E-state index contributed by atoms with van der Waals surface area (Å²) in [5.41, 5.74) is 6.80. The second-order valence-corrected chi connectivity index (χ2v) is 7.72. The van der Waals surface area contributed by atoms with Gasteiger partial charge in [0.05, 0.1) is 0 Å². The molecule has 0 radical (unpaired) electrons. The number of fused-ring (bicyclic) bond motifs is 1. The molecule has 3 aromatic heterocycles. The Bertz CT molecular complexity index is 1130. The first-order valence-electron chi connectivity index (χ1n) is 10.1. The molecule has 1 fully saturated rings. The van der Waals surface area contributed by atoms with Crippen molar-refractivity contribution in [2.24, 2.45) is 0 Å². The highest BCUT2D eigenvalue weighted by molar-refractivity contribution is 5.93. The van der Waals surface area contributed by atoms with E-state index in [1.54, 1.807) is 0 Å². The second kappa shape index (κ2) is 6.89. The van der Waals surface area contributed by atoms with Crippen LogP contribution in [0, 0.1) is 6.92 Å². The van der Waals surface area contributed by atoms with Crippen LogP contribution < -0.4 is 0 Å². The summed E-state index contributed by atoms with van der Waals surface area (Å²) in [6.07, 6.45) is 7.65. The van der Waals surface area contributed by atoms with E-state index in [0.717, 1.165) is 41.9 Å². The van der Waals surface area contributed by atoms with E-state index in [1.165, 1.54) is 35.0 Å². The summed E-state index contributed by atoms with van der Waals surface area (Å²) in [5, 5.41) is 5.48. The lowest BCUT2D eigenvalue weighted by Gasteiger charge is -2.03. The average Bonchev–Trinajstić information content (AvgIpc) is 3.45. The van der Waals surface area contributed by atoms with Gasteiger partial charge >= 0.3 is 0 Å². The third-order valence-corrected chi connectivity index (χ3v) is 5.85. The molecule has 1 aliphatic carbocycles. The molecule has 0 bridgehead atoms. The zero-order chi connectivity index (χ0) is 19.1. The van der Waals surface area contributed by atoms with Crippen molar-refractivity contribution in [3.05, 3.63) is 53.7 Å². The number of hydrogen-bond donors (Lipinski definition) is 1. The molecule has 1 N–H and O–H groups in total. The number of nitrogens with one attached hydrogen (secondary N) is 1. The Kier molecular flexibility index (Phi) is 4.23. The van der Waals surface area contributed by atoms with Gasteiger partial charge in [-0.2, -0.15) is 4.98 Å². The monoisotopic (exact) mass is 372 g/mol. The fourth-order valence-corrected chi connectivity index (χ4v) is 4.39. The molecule has 0 saturated heterocycles. The number of benzene rings is 1. The highest BCUT2D eigenvalue weighted by Crippen LogP contribution is 2.36. The molecule has 1 saturated carbocycles. The Hall–Kier alpha value is -2.95. The first-order chi connectivity index (χ1) is 13.7. The van der Waals surface area contributed by atoms with E-state index in [1.807, 2.05) is 13.1 Å². The van der Waals surface area contributed by atoms with Gasteiger partial charge in [0.1, 0.15) is 0 Å². The number of pyridine rings is 1. The van der Waals surface area contributed by atoms with E-state index < -0.39 is 0 Å². The van der Waals surface area contributed by atoms with Gasteiger partial charge < -0.3 is 9.51 Å². The number of aromatic amines is 1. The minimum absolute atomic E-state index is 0.435. The summed E-state index contributed by atoms with van der Waals surface area (Å²) >= 11 is 0. The van der Waals surface area contributed by atoms with Crippen molar-refractivity contribution < 1.29 is 4.52 Å². The molecule has 4 aromatic rings. The maximum Gasteiger partial charge on any atom is 0.230 e. The van der Waals surface area contributed by atoms with E-state index in [4.69, 9.17) is 9.51 Å².